The van der Waals surface area contributed by atoms with Crippen LogP contribution < -0.4 is 5.73 Å². The Bertz CT molecular complexity index is 1200. The van der Waals surface area contributed by atoms with E-state index in [-0.39, 0.29) is 86.2 Å². The van der Waals surface area contributed by atoms with Crippen LogP contribution in [0.3, 0.4) is 0 Å². The van der Waals surface area contributed by atoms with Crippen molar-refractivity contribution in [2.75, 3.05) is 0 Å². The van der Waals surface area contributed by atoms with E-state index in [0.29, 0.717) is 6.04 Å². The van der Waals surface area contributed by atoms with Gasteiger partial charge in [0.1, 0.15) is 46.0 Å². The predicted octanol–water partition coefficient (Wildman–Crippen LogP) is 10.9. The molecule has 0 spiro atoms. The molecule has 0 unspecified atom stereocenters. The predicted molar refractivity (Wildman–Crippen MR) is 190 cm³/mol. The normalized spacial score (nSPS) is 12.1. The first-order valence-corrected chi connectivity index (χ1v) is 16.1. The molecule has 9 nitrogen and oxygen atoms in total. The summed E-state index contributed by atoms with van der Waals surface area (Å²) < 4.78 is 0. The van der Waals surface area contributed by atoms with Gasteiger partial charge < -0.3 is 46.6 Å². The van der Waals surface area contributed by atoms with Crippen molar-refractivity contribution in [3.8, 4) is 46.0 Å². The maximum Gasteiger partial charge on any atom is 0.135 e. The maximum absolute atomic E-state index is 8.90. The van der Waals surface area contributed by atoms with Gasteiger partial charge in [-0.1, -0.05) is 112 Å². The first-order valence-electron chi connectivity index (χ1n) is 13.1. The van der Waals surface area contributed by atoms with E-state index in [2.05, 4.69) is 0 Å². The lowest BCUT2D eigenvalue weighted by molar-refractivity contribution is 0.441. The molecule has 10 N–H and O–H groups in total. The molecule has 258 valence electrons. The summed E-state index contributed by atoms with van der Waals surface area (Å²) in [5.41, 5.74) is 5.63. The number of nitrogens with two attached hydrogens (primary N) is 1. The first kappa shape index (κ1) is 42.6. The minimum atomic E-state index is -0.135. The Hall–Kier alpha value is -2.44. The summed E-state index contributed by atoms with van der Waals surface area (Å²) in [5, 5.41) is 71.9. The molecule has 0 aromatic heterocycles. The van der Waals surface area contributed by atoms with Crippen LogP contribution in [0, 0.1) is 0 Å². The molecule has 0 radical (unpaired) electrons. The summed E-state index contributed by atoms with van der Waals surface area (Å²) in [5.74, 6) is -1.08. The van der Waals surface area contributed by atoms with E-state index >= 15 is 0 Å². The molecule has 1 aliphatic carbocycles. The summed E-state index contributed by atoms with van der Waals surface area (Å²) in [6.07, 6.45) is 6.66. The quantitative estimate of drug-likeness (QED) is 0.0778. The Kier molecular flexibility index (Phi) is 18.9. The van der Waals surface area contributed by atoms with Crippen molar-refractivity contribution >= 4 is 92.8 Å². The Morgan fingerprint density at radius 2 is 0.489 bits per heavy atom. The van der Waals surface area contributed by atoms with Crippen molar-refractivity contribution in [2.45, 2.75) is 38.1 Å². The fraction of sp³-hybridized carbons (Fsp3) is 0.200. The van der Waals surface area contributed by atoms with E-state index in [1.165, 1.54) is 80.6 Å². The second-order valence-electron chi connectivity index (χ2n) is 9.42. The Balaban J connectivity index is 0.000000295. The molecule has 0 bridgehead atoms. The number of benzene rings is 4. The molecular weight excluding hydrogens is 786 g/mol. The highest BCUT2D eigenvalue weighted by molar-refractivity contribution is 6.36. The molecule has 17 heteroatoms. The van der Waals surface area contributed by atoms with E-state index in [4.69, 9.17) is 139 Å². The molecule has 4 aromatic carbocycles. The molecule has 0 heterocycles. The number of phenolic OH excluding ortho intramolecular Hbond substituents is 8. The molecule has 0 atom stereocenters. The maximum atomic E-state index is 8.90. The lowest BCUT2D eigenvalue weighted by atomic mass is 9.97. The van der Waals surface area contributed by atoms with Crippen molar-refractivity contribution < 1.29 is 40.9 Å². The van der Waals surface area contributed by atoms with Crippen LogP contribution in [0.1, 0.15) is 32.1 Å². The summed E-state index contributed by atoms with van der Waals surface area (Å²) in [4.78, 5) is 0. The molecule has 1 saturated carbocycles. The standard InChI is InChI=1S/4C6H4Cl2O2.C6H13N/c4*7-3-1-5(9)4(8)2-6(3)10;7-6-4-2-1-3-5-6/h4*1-2,9-10H;6H,1-5,7H2. The average Bonchev–Trinajstić information content (AvgIpc) is 2.99. The summed E-state index contributed by atoms with van der Waals surface area (Å²) >= 11 is 43.3. The fourth-order valence-corrected chi connectivity index (χ4v) is 4.50. The van der Waals surface area contributed by atoms with Crippen LogP contribution in [0.15, 0.2) is 48.5 Å². The van der Waals surface area contributed by atoms with Crippen molar-refractivity contribution in [1.82, 2.24) is 0 Å². The molecule has 1 fully saturated rings. The van der Waals surface area contributed by atoms with Crippen LogP contribution >= 0.6 is 92.8 Å². The van der Waals surface area contributed by atoms with E-state index in [1.807, 2.05) is 0 Å². The number of rotatable bonds is 0. The van der Waals surface area contributed by atoms with Crippen molar-refractivity contribution in [1.29, 1.82) is 0 Å². The van der Waals surface area contributed by atoms with Gasteiger partial charge in [0, 0.05) is 54.6 Å². The second kappa shape index (κ2) is 20.8. The highest BCUT2D eigenvalue weighted by atomic mass is 35.5. The number of aromatic hydroxyl groups is 8. The zero-order valence-electron chi connectivity index (χ0n) is 23.9. The molecule has 4 aromatic rings. The Morgan fingerprint density at radius 3 is 0.596 bits per heavy atom. The third kappa shape index (κ3) is 15.5. The summed E-state index contributed by atoms with van der Waals surface area (Å²) in [6, 6.07) is 9.97. The molecule has 5 rings (SSSR count). The van der Waals surface area contributed by atoms with Crippen LogP contribution in [-0.4, -0.2) is 46.9 Å². The van der Waals surface area contributed by atoms with E-state index < -0.39 is 0 Å². The van der Waals surface area contributed by atoms with Gasteiger partial charge in [-0.15, -0.1) is 0 Å². The number of halogens is 8. The number of hydrogen-bond donors (Lipinski definition) is 9. The van der Waals surface area contributed by atoms with Gasteiger partial charge in [0.25, 0.3) is 0 Å². The van der Waals surface area contributed by atoms with Gasteiger partial charge in [-0.2, -0.15) is 0 Å². The highest BCUT2D eigenvalue weighted by Crippen LogP contribution is 2.36. The van der Waals surface area contributed by atoms with Gasteiger partial charge >= 0.3 is 0 Å². The summed E-state index contributed by atoms with van der Waals surface area (Å²) in [7, 11) is 0. The van der Waals surface area contributed by atoms with Crippen molar-refractivity contribution in [2.24, 2.45) is 5.73 Å². The zero-order chi connectivity index (χ0) is 36.0. The molecule has 47 heavy (non-hydrogen) atoms. The SMILES string of the molecule is NC1CCCCC1.Oc1cc(Cl)c(O)cc1Cl.Oc1cc(Cl)c(O)cc1Cl.Oc1cc(Cl)c(O)cc1Cl.Oc1cc(Cl)c(O)cc1Cl. The fourth-order valence-electron chi connectivity index (χ4n) is 3.24. The van der Waals surface area contributed by atoms with E-state index in [1.54, 1.807) is 0 Å². The molecular formula is C30H29Cl8NO8. The molecule has 0 amide bonds. The van der Waals surface area contributed by atoms with Crippen LogP contribution in [0.2, 0.25) is 40.2 Å². The van der Waals surface area contributed by atoms with Crippen LogP contribution in [0.25, 0.3) is 0 Å². The van der Waals surface area contributed by atoms with Crippen molar-refractivity contribution in [3.05, 3.63) is 88.7 Å². The van der Waals surface area contributed by atoms with E-state index in [9.17, 15) is 0 Å². The zero-order valence-corrected chi connectivity index (χ0v) is 30.0. The third-order valence-electron chi connectivity index (χ3n) is 5.71. The topological polar surface area (TPSA) is 188 Å². The minimum Gasteiger partial charge on any atom is -0.506 e. The first-order chi connectivity index (χ1) is 21.8. The smallest absolute Gasteiger partial charge is 0.135 e. The van der Waals surface area contributed by atoms with Crippen LogP contribution in [0.5, 0.6) is 46.0 Å². The minimum absolute atomic E-state index is 0.0851. The van der Waals surface area contributed by atoms with Gasteiger partial charge in [-0.25, -0.2) is 0 Å². The number of phenols is 8. The Labute approximate surface area is 310 Å². The number of hydrogen-bond acceptors (Lipinski definition) is 9. The highest BCUT2D eigenvalue weighted by Gasteiger charge is 2.07. The largest absolute Gasteiger partial charge is 0.506 e. The lowest BCUT2D eigenvalue weighted by Crippen LogP contribution is -2.22. The summed E-state index contributed by atoms with van der Waals surface area (Å²) in [6.45, 7) is 0. The van der Waals surface area contributed by atoms with Crippen molar-refractivity contribution in [3.63, 3.8) is 0 Å². The van der Waals surface area contributed by atoms with Gasteiger partial charge in [0.15, 0.2) is 0 Å². The Morgan fingerprint density at radius 1 is 0.340 bits per heavy atom. The van der Waals surface area contributed by atoms with Gasteiger partial charge in [-0.3, -0.25) is 0 Å². The van der Waals surface area contributed by atoms with Gasteiger partial charge in [0.2, 0.25) is 0 Å². The monoisotopic (exact) mass is 811 g/mol. The lowest BCUT2D eigenvalue weighted by Gasteiger charge is -2.15. The second-order valence-corrected chi connectivity index (χ2v) is 12.7. The van der Waals surface area contributed by atoms with Crippen LogP contribution in [0.4, 0.5) is 0 Å². The molecule has 0 aliphatic heterocycles. The van der Waals surface area contributed by atoms with Gasteiger partial charge in [-0.05, 0) is 12.8 Å². The van der Waals surface area contributed by atoms with Crippen LogP contribution in [-0.2, 0) is 0 Å². The van der Waals surface area contributed by atoms with Gasteiger partial charge in [0.05, 0.1) is 40.2 Å². The molecule has 0 saturated heterocycles. The molecule has 1 aliphatic rings. The van der Waals surface area contributed by atoms with E-state index in [0.717, 1.165) is 0 Å². The average molecular weight is 815 g/mol. The third-order valence-corrected chi connectivity index (χ3v) is 8.14.